The summed E-state index contributed by atoms with van der Waals surface area (Å²) < 4.78 is 0. The van der Waals surface area contributed by atoms with Crippen LogP contribution < -0.4 is 16.6 Å². The zero-order valence-corrected chi connectivity index (χ0v) is 13.0. The molecule has 2 atom stereocenters. The normalized spacial score (nSPS) is 26.6. The molecule has 1 aliphatic rings. The molecule has 2 rings (SSSR count). The molecule has 20 heavy (non-hydrogen) atoms. The highest BCUT2D eigenvalue weighted by atomic mass is 15.3. The van der Waals surface area contributed by atoms with E-state index in [1.807, 2.05) is 6.07 Å². The maximum absolute atomic E-state index is 5.50. The summed E-state index contributed by atoms with van der Waals surface area (Å²) in [6, 6.07) is 2.38. The quantitative estimate of drug-likeness (QED) is 0.582. The van der Waals surface area contributed by atoms with E-state index in [1.54, 1.807) is 0 Å². The average molecular weight is 277 g/mol. The molecule has 1 fully saturated rings. The molecule has 0 aromatic carbocycles. The van der Waals surface area contributed by atoms with Gasteiger partial charge < -0.3 is 10.7 Å². The molecule has 112 valence electrons. The molecule has 0 bridgehead atoms. The van der Waals surface area contributed by atoms with Gasteiger partial charge >= 0.3 is 0 Å². The van der Waals surface area contributed by atoms with Gasteiger partial charge in [-0.3, -0.25) is 0 Å². The molecule has 1 heterocycles. The standard InChI is InChI=1S/C15H27N5/c1-9(2)15-18-13(8-14(19-15)20-16)17-12-6-10(3)5-11(4)7-12/h8-12H,5-7,16H2,1-4H3,(H2,17,18,19,20). The summed E-state index contributed by atoms with van der Waals surface area (Å²) in [6.07, 6.45) is 3.74. The average Bonchev–Trinajstić information content (AvgIpc) is 2.36. The number of nitrogens with zero attached hydrogens (tertiary/aromatic N) is 2. The second kappa shape index (κ2) is 6.39. The number of nitrogens with two attached hydrogens (primary N) is 1. The molecule has 0 radical (unpaired) electrons. The van der Waals surface area contributed by atoms with Crippen LogP contribution in [0.25, 0.3) is 0 Å². The first kappa shape index (κ1) is 15.0. The van der Waals surface area contributed by atoms with Crippen LogP contribution in [-0.2, 0) is 0 Å². The van der Waals surface area contributed by atoms with Gasteiger partial charge in [0.2, 0.25) is 0 Å². The Balaban J connectivity index is 2.13. The maximum Gasteiger partial charge on any atom is 0.145 e. The number of nitrogen functional groups attached to an aromatic ring is 1. The van der Waals surface area contributed by atoms with Crippen LogP contribution in [0, 0.1) is 11.8 Å². The number of nitrogens with one attached hydrogen (secondary N) is 2. The van der Waals surface area contributed by atoms with E-state index in [9.17, 15) is 0 Å². The third kappa shape index (κ3) is 3.82. The number of hydrogen-bond acceptors (Lipinski definition) is 5. The van der Waals surface area contributed by atoms with Crippen molar-refractivity contribution in [2.75, 3.05) is 10.7 Å². The minimum Gasteiger partial charge on any atom is -0.367 e. The van der Waals surface area contributed by atoms with E-state index in [1.165, 1.54) is 19.3 Å². The topological polar surface area (TPSA) is 75.9 Å². The van der Waals surface area contributed by atoms with Crippen LogP contribution in [0.15, 0.2) is 6.07 Å². The van der Waals surface area contributed by atoms with E-state index in [4.69, 9.17) is 5.84 Å². The molecule has 1 aliphatic carbocycles. The Hall–Kier alpha value is -1.36. The third-order valence-electron chi connectivity index (χ3n) is 3.94. The Labute approximate surface area is 121 Å². The largest absolute Gasteiger partial charge is 0.367 e. The minimum atomic E-state index is 0.285. The van der Waals surface area contributed by atoms with Crippen molar-refractivity contribution in [2.24, 2.45) is 17.7 Å². The molecule has 0 aliphatic heterocycles. The predicted octanol–water partition coefficient (Wildman–Crippen LogP) is 3.12. The number of anilines is 2. The Kier molecular flexibility index (Phi) is 4.81. The third-order valence-corrected chi connectivity index (χ3v) is 3.94. The fourth-order valence-corrected chi connectivity index (χ4v) is 3.15. The zero-order valence-electron chi connectivity index (χ0n) is 13.0. The lowest BCUT2D eigenvalue weighted by Gasteiger charge is -2.32. The number of aromatic nitrogens is 2. The van der Waals surface area contributed by atoms with Crippen molar-refractivity contribution in [2.45, 2.75) is 58.9 Å². The molecule has 5 heteroatoms. The van der Waals surface area contributed by atoms with Crippen molar-refractivity contribution >= 4 is 11.6 Å². The van der Waals surface area contributed by atoms with Gasteiger partial charge in [0.15, 0.2) is 0 Å². The van der Waals surface area contributed by atoms with Gasteiger partial charge in [0.25, 0.3) is 0 Å². The van der Waals surface area contributed by atoms with Crippen molar-refractivity contribution in [1.82, 2.24) is 9.97 Å². The summed E-state index contributed by atoms with van der Waals surface area (Å²) in [4.78, 5) is 8.99. The van der Waals surface area contributed by atoms with E-state index in [2.05, 4.69) is 48.4 Å². The van der Waals surface area contributed by atoms with Crippen LogP contribution >= 0.6 is 0 Å². The molecule has 1 aromatic rings. The summed E-state index contributed by atoms with van der Waals surface area (Å²) in [7, 11) is 0. The van der Waals surface area contributed by atoms with E-state index in [0.717, 1.165) is 23.5 Å². The van der Waals surface area contributed by atoms with Gasteiger partial charge in [-0.25, -0.2) is 15.8 Å². The lowest BCUT2D eigenvalue weighted by Crippen LogP contribution is -2.30. The summed E-state index contributed by atoms with van der Waals surface area (Å²) in [5.74, 6) is 9.69. The van der Waals surface area contributed by atoms with E-state index in [-0.39, 0.29) is 5.92 Å². The highest BCUT2D eigenvalue weighted by Gasteiger charge is 2.24. The molecule has 1 saturated carbocycles. The fourth-order valence-electron chi connectivity index (χ4n) is 3.15. The first-order valence-corrected chi connectivity index (χ1v) is 7.60. The first-order valence-electron chi connectivity index (χ1n) is 7.60. The van der Waals surface area contributed by atoms with Gasteiger partial charge in [-0.15, -0.1) is 0 Å². The van der Waals surface area contributed by atoms with Gasteiger partial charge in [-0.05, 0) is 31.1 Å². The zero-order chi connectivity index (χ0) is 14.7. The van der Waals surface area contributed by atoms with Crippen molar-refractivity contribution in [3.05, 3.63) is 11.9 Å². The van der Waals surface area contributed by atoms with Crippen LogP contribution in [0.4, 0.5) is 11.6 Å². The summed E-state index contributed by atoms with van der Waals surface area (Å²) in [5, 5.41) is 3.57. The van der Waals surface area contributed by atoms with Crippen LogP contribution in [0.3, 0.4) is 0 Å². The lowest BCUT2D eigenvalue weighted by molar-refractivity contribution is 0.280. The number of rotatable bonds is 4. The van der Waals surface area contributed by atoms with Gasteiger partial charge in [-0.2, -0.15) is 0 Å². The molecular weight excluding hydrogens is 250 g/mol. The smallest absolute Gasteiger partial charge is 0.145 e. The molecule has 0 spiro atoms. The van der Waals surface area contributed by atoms with Gasteiger partial charge in [0.1, 0.15) is 17.5 Å². The van der Waals surface area contributed by atoms with Gasteiger partial charge in [0.05, 0.1) is 0 Å². The predicted molar refractivity (Wildman–Crippen MR) is 83.5 cm³/mol. The van der Waals surface area contributed by atoms with E-state index >= 15 is 0 Å². The molecule has 1 aromatic heterocycles. The van der Waals surface area contributed by atoms with Gasteiger partial charge in [0, 0.05) is 18.0 Å². The van der Waals surface area contributed by atoms with E-state index in [0.29, 0.717) is 11.9 Å². The Morgan fingerprint density at radius 3 is 2.25 bits per heavy atom. The number of hydrogen-bond donors (Lipinski definition) is 3. The van der Waals surface area contributed by atoms with Gasteiger partial charge in [-0.1, -0.05) is 27.7 Å². The second-order valence-electron chi connectivity index (χ2n) is 6.55. The van der Waals surface area contributed by atoms with Crippen LogP contribution in [0.2, 0.25) is 0 Å². The maximum atomic E-state index is 5.50. The summed E-state index contributed by atoms with van der Waals surface area (Å²) in [6.45, 7) is 8.84. The Morgan fingerprint density at radius 2 is 1.70 bits per heavy atom. The molecule has 0 saturated heterocycles. The second-order valence-corrected chi connectivity index (χ2v) is 6.55. The molecule has 5 nitrogen and oxygen atoms in total. The van der Waals surface area contributed by atoms with E-state index < -0.39 is 0 Å². The molecule has 4 N–H and O–H groups in total. The molecule has 0 amide bonds. The van der Waals surface area contributed by atoms with Crippen LogP contribution in [0.5, 0.6) is 0 Å². The Bertz CT molecular complexity index is 436. The minimum absolute atomic E-state index is 0.285. The summed E-state index contributed by atoms with van der Waals surface area (Å²) >= 11 is 0. The first-order chi connectivity index (χ1) is 9.47. The van der Waals surface area contributed by atoms with Crippen LogP contribution in [-0.4, -0.2) is 16.0 Å². The van der Waals surface area contributed by atoms with Crippen molar-refractivity contribution in [3.8, 4) is 0 Å². The highest BCUT2D eigenvalue weighted by molar-refractivity contribution is 5.47. The molecular formula is C15H27N5. The van der Waals surface area contributed by atoms with Crippen molar-refractivity contribution in [1.29, 1.82) is 0 Å². The monoisotopic (exact) mass is 277 g/mol. The van der Waals surface area contributed by atoms with Crippen molar-refractivity contribution in [3.63, 3.8) is 0 Å². The number of hydrazine groups is 1. The fraction of sp³-hybridized carbons (Fsp3) is 0.733. The van der Waals surface area contributed by atoms with Crippen molar-refractivity contribution < 1.29 is 0 Å². The highest BCUT2D eigenvalue weighted by Crippen LogP contribution is 2.30. The SMILES string of the molecule is CC1CC(C)CC(Nc2cc(NN)nc(C(C)C)n2)C1. The van der Waals surface area contributed by atoms with Crippen LogP contribution in [0.1, 0.15) is 58.7 Å². The molecule has 2 unspecified atom stereocenters. The summed E-state index contributed by atoms with van der Waals surface area (Å²) in [5.41, 5.74) is 2.63. The Morgan fingerprint density at radius 1 is 1.10 bits per heavy atom. The lowest BCUT2D eigenvalue weighted by atomic mass is 9.80.